The molecule has 0 aliphatic carbocycles. The molecule has 0 aliphatic heterocycles. The van der Waals surface area contributed by atoms with Gasteiger partial charge < -0.3 is 4.74 Å². The molecule has 75 valence electrons. The highest BCUT2D eigenvalue weighted by Gasteiger charge is 2.04. The normalized spacial score (nSPS) is 10.0. The zero-order valence-corrected chi connectivity index (χ0v) is 8.11. The lowest BCUT2D eigenvalue weighted by Crippen LogP contribution is -1.89. The maximum Gasteiger partial charge on any atom is 0.165 e. The second kappa shape index (κ2) is 4.13. The number of hydrogen-bond donors (Lipinski definition) is 0. The summed E-state index contributed by atoms with van der Waals surface area (Å²) in [5, 5.41) is 0. The molecule has 0 amide bonds. The Bertz CT molecular complexity index is 422. The van der Waals surface area contributed by atoms with Crippen molar-refractivity contribution in [3.05, 3.63) is 66.8 Å². The summed E-state index contributed by atoms with van der Waals surface area (Å²) in [7, 11) is 0. The predicted molar refractivity (Wildman–Crippen MR) is 57.4 cm³/mol. The molecule has 1 nitrogen and oxygen atoms in total. The van der Waals surface area contributed by atoms with Crippen molar-refractivity contribution in [3.8, 4) is 11.5 Å². The van der Waals surface area contributed by atoms with Gasteiger partial charge in [0.05, 0.1) is 0 Å². The number of hydrogen-bond acceptors (Lipinski definition) is 1. The van der Waals surface area contributed by atoms with Crippen LogP contribution in [-0.4, -0.2) is 0 Å². The van der Waals surface area contributed by atoms with Crippen LogP contribution in [0.3, 0.4) is 0 Å². The fourth-order valence-electron chi connectivity index (χ4n) is 1.25. The summed E-state index contributed by atoms with van der Waals surface area (Å²) in [6.07, 6.45) is 0. The first-order valence-corrected chi connectivity index (χ1v) is 4.61. The van der Waals surface area contributed by atoms with Crippen LogP contribution in [-0.2, 0) is 0 Å². The minimum absolute atomic E-state index is 0.216. The number of rotatable bonds is 2. The van der Waals surface area contributed by atoms with Crippen molar-refractivity contribution in [3.63, 3.8) is 0 Å². The van der Waals surface area contributed by atoms with E-state index in [-0.39, 0.29) is 11.6 Å². The second-order valence-corrected chi connectivity index (χ2v) is 3.14. The third-order valence-electron chi connectivity index (χ3n) is 2.03. The molecule has 2 rings (SSSR count). The second-order valence-electron chi connectivity index (χ2n) is 3.14. The number of benzene rings is 2. The smallest absolute Gasteiger partial charge is 0.165 e. The fraction of sp³-hybridized carbons (Fsp3) is 0. The first-order valence-electron chi connectivity index (χ1n) is 4.61. The first-order chi connectivity index (χ1) is 7.27. The van der Waals surface area contributed by atoms with Crippen LogP contribution in [0.15, 0.2) is 48.5 Å². The van der Waals surface area contributed by atoms with Crippen molar-refractivity contribution in [2.75, 3.05) is 0 Å². The van der Waals surface area contributed by atoms with Gasteiger partial charge >= 0.3 is 0 Å². The third-order valence-corrected chi connectivity index (χ3v) is 2.03. The lowest BCUT2D eigenvalue weighted by molar-refractivity contribution is 0.441. The van der Waals surface area contributed by atoms with Gasteiger partial charge in [0.2, 0.25) is 0 Å². The minimum atomic E-state index is -0.374. The fourth-order valence-corrected chi connectivity index (χ4v) is 1.25. The molecule has 0 fully saturated rings. The zero-order chi connectivity index (χ0) is 10.7. The van der Waals surface area contributed by atoms with Crippen LogP contribution in [0, 0.1) is 12.7 Å². The monoisotopic (exact) mass is 201 g/mol. The van der Waals surface area contributed by atoms with Gasteiger partial charge in [0.1, 0.15) is 5.75 Å². The van der Waals surface area contributed by atoms with Gasteiger partial charge in [-0.2, -0.15) is 0 Å². The van der Waals surface area contributed by atoms with E-state index >= 15 is 0 Å². The summed E-state index contributed by atoms with van der Waals surface area (Å²) in [5.41, 5.74) is 0.737. The highest BCUT2D eigenvalue weighted by atomic mass is 19.1. The van der Waals surface area contributed by atoms with E-state index in [1.54, 1.807) is 24.3 Å². The first kappa shape index (κ1) is 9.71. The Hall–Kier alpha value is -1.83. The molecule has 0 spiro atoms. The third kappa shape index (κ3) is 2.15. The van der Waals surface area contributed by atoms with Crippen LogP contribution < -0.4 is 4.74 Å². The van der Waals surface area contributed by atoms with E-state index in [9.17, 15) is 4.39 Å². The van der Waals surface area contributed by atoms with Gasteiger partial charge in [0.15, 0.2) is 11.6 Å². The van der Waals surface area contributed by atoms with E-state index in [0.717, 1.165) is 5.56 Å². The van der Waals surface area contributed by atoms with Crippen LogP contribution in [0.4, 0.5) is 4.39 Å². The van der Waals surface area contributed by atoms with Gasteiger partial charge in [-0.25, -0.2) is 4.39 Å². The molecule has 0 aliphatic rings. The maximum atomic E-state index is 13.3. The lowest BCUT2D eigenvalue weighted by Gasteiger charge is -2.08. The molecule has 0 heterocycles. The van der Waals surface area contributed by atoms with Crippen LogP contribution in [0.5, 0.6) is 11.5 Å². The van der Waals surface area contributed by atoms with Gasteiger partial charge in [-0.1, -0.05) is 30.3 Å². The quantitative estimate of drug-likeness (QED) is 0.718. The van der Waals surface area contributed by atoms with Crippen LogP contribution in [0.1, 0.15) is 5.56 Å². The van der Waals surface area contributed by atoms with Gasteiger partial charge in [0.25, 0.3) is 0 Å². The SMILES string of the molecule is [CH2]c1ccccc1Oc1ccccc1F. The summed E-state index contributed by atoms with van der Waals surface area (Å²) in [6.45, 7) is 3.80. The van der Waals surface area contributed by atoms with E-state index in [2.05, 4.69) is 6.92 Å². The average Bonchev–Trinajstić information content (AvgIpc) is 2.24. The summed E-state index contributed by atoms with van der Waals surface area (Å²) in [5.74, 6) is 0.414. The van der Waals surface area contributed by atoms with Crippen molar-refractivity contribution < 1.29 is 9.13 Å². The molecule has 0 saturated carbocycles. The van der Waals surface area contributed by atoms with E-state index < -0.39 is 0 Å². The molecule has 2 aromatic carbocycles. The van der Waals surface area contributed by atoms with Crippen molar-refractivity contribution >= 4 is 0 Å². The Balaban J connectivity index is 2.30. The molecule has 2 heteroatoms. The molecule has 0 N–H and O–H groups in total. The van der Waals surface area contributed by atoms with Crippen LogP contribution in [0.25, 0.3) is 0 Å². The van der Waals surface area contributed by atoms with Crippen molar-refractivity contribution in [2.24, 2.45) is 0 Å². The van der Waals surface area contributed by atoms with Gasteiger partial charge in [0, 0.05) is 0 Å². The van der Waals surface area contributed by atoms with Crippen molar-refractivity contribution in [1.29, 1.82) is 0 Å². The average molecular weight is 201 g/mol. The van der Waals surface area contributed by atoms with Crippen molar-refractivity contribution in [2.45, 2.75) is 0 Å². The number of para-hydroxylation sites is 2. The molecule has 15 heavy (non-hydrogen) atoms. The summed E-state index contributed by atoms with van der Waals surface area (Å²) in [6, 6.07) is 13.6. The van der Waals surface area contributed by atoms with E-state index in [1.807, 2.05) is 18.2 Å². The minimum Gasteiger partial charge on any atom is -0.454 e. The van der Waals surface area contributed by atoms with Crippen LogP contribution in [0.2, 0.25) is 0 Å². The van der Waals surface area contributed by atoms with Gasteiger partial charge in [-0.05, 0) is 30.7 Å². The summed E-state index contributed by atoms with van der Waals surface area (Å²) < 4.78 is 18.7. The Morgan fingerprint density at radius 3 is 2.13 bits per heavy atom. The zero-order valence-electron chi connectivity index (χ0n) is 8.11. The predicted octanol–water partition coefficient (Wildman–Crippen LogP) is 3.80. The number of halogens is 1. The maximum absolute atomic E-state index is 13.3. The Morgan fingerprint density at radius 1 is 0.867 bits per heavy atom. The Kier molecular flexibility index (Phi) is 2.68. The Morgan fingerprint density at radius 2 is 1.47 bits per heavy atom. The summed E-state index contributed by atoms with van der Waals surface area (Å²) in [4.78, 5) is 0. The van der Waals surface area contributed by atoms with Gasteiger partial charge in [-0.15, -0.1) is 0 Å². The standard InChI is InChI=1S/C13H10FO/c1-10-6-2-4-8-12(10)15-13-9-5-3-7-11(13)14/h2-9H,1H2. The molecule has 0 saturated heterocycles. The number of ether oxygens (including phenoxy) is 1. The van der Waals surface area contributed by atoms with E-state index in [4.69, 9.17) is 4.74 Å². The molecule has 0 bridgehead atoms. The largest absolute Gasteiger partial charge is 0.454 e. The molecule has 0 aromatic heterocycles. The molecule has 0 atom stereocenters. The molecule has 0 unspecified atom stereocenters. The van der Waals surface area contributed by atoms with E-state index in [0.29, 0.717) is 5.75 Å². The molecular weight excluding hydrogens is 191 g/mol. The topological polar surface area (TPSA) is 9.23 Å². The summed E-state index contributed by atoms with van der Waals surface area (Å²) >= 11 is 0. The van der Waals surface area contributed by atoms with E-state index in [1.165, 1.54) is 6.07 Å². The van der Waals surface area contributed by atoms with Crippen molar-refractivity contribution in [1.82, 2.24) is 0 Å². The van der Waals surface area contributed by atoms with Crippen LogP contribution >= 0.6 is 0 Å². The molecule has 2 aromatic rings. The lowest BCUT2D eigenvalue weighted by atomic mass is 10.2. The van der Waals surface area contributed by atoms with Gasteiger partial charge in [-0.3, -0.25) is 0 Å². The highest BCUT2D eigenvalue weighted by molar-refractivity contribution is 5.39. The Labute approximate surface area is 88.1 Å². The molecular formula is C13H10FO. The molecule has 1 radical (unpaired) electrons. The highest BCUT2D eigenvalue weighted by Crippen LogP contribution is 2.26.